The van der Waals surface area contributed by atoms with E-state index in [4.69, 9.17) is 24.5 Å². The van der Waals surface area contributed by atoms with Gasteiger partial charge in [-0.2, -0.15) is 5.10 Å². The number of anilines is 3. The van der Waals surface area contributed by atoms with Crippen molar-refractivity contribution in [1.82, 2.24) is 24.6 Å². The van der Waals surface area contributed by atoms with Gasteiger partial charge in [0, 0.05) is 43.1 Å². The van der Waals surface area contributed by atoms with Gasteiger partial charge in [-0.25, -0.2) is 24.2 Å². The summed E-state index contributed by atoms with van der Waals surface area (Å²) < 4.78 is 13.0. The highest BCUT2D eigenvalue weighted by Crippen LogP contribution is 2.32. The summed E-state index contributed by atoms with van der Waals surface area (Å²) in [6.45, 7) is 7.62. The molecule has 0 aliphatic carbocycles. The summed E-state index contributed by atoms with van der Waals surface area (Å²) in [7, 11) is 0. The largest absolute Gasteiger partial charge is 0.447 e. The lowest BCUT2D eigenvalue weighted by Gasteiger charge is -2.32. The topological polar surface area (TPSA) is 127 Å². The zero-order chi connectivity index (χ0) is 29.8. The molecule has 0 spiro atoms. The summed E-state index contributed by atoms with van der Waals surface area (Å²) in [5.41, 5.74) is 2.95. The number of piperidine rings is 1. The molecule has 2 aliphatic rings. The first-order chi connectivity index (χ1) is 20.9. The van der Waals surface area contributed by atoms with Gasteiger partial charge in [-0.05, 0) is 63.1 Å². The predicted molar refractivity (Wildman–Crippen MR) is 164 cm³/mol. The Balaban J connectivity index is 1.25. The van der Waals surface area contributed by atoms with Crippen LogP contribution < -0.4 is 15.5 Å². The van der Waals surface area contributed by atoms with E-state index in [9.17, 15) is 9.59 Å². The normalized spacial score (nSPS) is 16.0. The second-order valence-electron chi connectivity index (χ2n) is 11.0. The van der Waals surface area contributed by atoms with Gasteiger partial charge in [0.05, 0.1) is 36.9 Å². The first-order valence-corrected chi connectivity index (χ1v) is 14.7. The number of hydrogen-bond donors (Lipinski definition) is 2. The van der Waals surface area contributed by atoms with Gasteiger partial charge >= 0.3 is 12.1 Å². The van der Waals surface area contributed by atoms with Crippen molar-refractivity contribution < 1.29 is 19.1 Å². The second-order valence-corrected chi connectivity index (χ2v) is 11.0. The van der Waals surface area contributed by atoms with Crippen molar-refractivity contribution in [2.24, 2.45) is 0 Å². The number of ether oxygens (including phenoxy) is 2. The van der Waals surface area contributed by atoms with Gasteiger partial charge in [-0.15, -0.1) is 0 Å². The Hall–Kier alpha value is -4.71. The first kappa shape index (κ1) is 28.4. The number of carbonyl (C=O) groups is 2. The number of fused-ring (bicyclic) bond motifs is 1. The molecule has 2 N–H and O–H groups in total. The number of nitrogens with zero attached hydrogens (tertiary/aromatic N) is 6. The second kappa shape index (κ2) is 12.7. The lowest BCUT2D eigenvalue weighted by molar-refractivity contribution is 0.0656. The number of likely N-dealkylation sites (tertiary alicyclic amines) is 1. The predicted octanol–water partition coefficient (Wildman–Crippen LogP) is 5.16. The van der Waals surface area contributed by atoms with Crippen LogP contribution >= 0.6 is 0 Å². The van der Waals surface area contributed by atoms with Crippen molar-refractivity contribution in [2.75, 3.05) is 54.9 Å². The average Bonchev–Trinajstić information content (AvgIpc) is 3.46. The maximum Gasteiger partial charge on any atom is 0.410 e. The maximum atomic E-state index is 12.5. The summed E-state index contributed by atoms with van der Waals surface area (Å²) in [6.07, 6.45) is 2.93. The molecule has 0 unspecified atom stereocenters. The summed E-state index contributed by atoms with van der Waals surface area (Å²) in [4.78, 5) is 38.9. The van der Waals surface area contributed by atoms with Crippen molar-refractivity contribution in [3.8, 4) is 11.4 Å². The van der Waals surface area contributed by atoms with E-state index in [2.05, 4.69) is 15.5 Å². The van der Waals surface area contributed by atoms with Crippen molar-refractivity contribution in [3.05, 3.63) is 60.8 Å². The molecule has 3 amide bonds. The number of amides is 3. The van der Waals surface area contributed by atoms with Crippen molar-refractivity contribution in [3.63, 3.8) is 0 Å². The number of carbonyl (C=O) groups excluding carboxylic acids is 2. The summed E-state index contributed by atoms with van der Waals surface area (Å²) in [5, 5.41) is 11.4. The molecule has 2 aliphatic heterocycles. The molecule has 4 aromatic rings. The quantitative estimate of drug-likeness (QED) is 0.318. The van der Waals surface area contributed by atoms with Crippen molar-refractivity contribution >= 4 is 40.4 Å². The molecule has 224 valence electrons. The number of aromatic nitrogens is 4. The Morgan fingerprint density at radius 1 is 0.907 bits per heavy atom. The number of nitrogens with one attached hydrogen (secondary N) is 2. The zero-order valence-electron chi connectivity index (χ0n) is 24.4. The van der Waals surface area contributed by atoms with E-state index >= 15 is 0 Å². The third-order valence-corrected chi connectivity index (χ3v) is 7.58. The van der Waals surface area contributed by atoms with Gasteiger partial charge in [0.2, 0.25) is 0 Å². The van der Waals surface area contributed by atoms with E-state index in [0.29, 0.717) is 43.5 Å². The van der Waals surface area contributed by atoms with E-state index in [-0.39, 0.29) is 24.3 Å². The van der Waals surface area contributed by atoms with Crippen LogP contribution in [0.4, 0.5) is 26.8 Å². The highest BCUT2D eigenvalue weighted by atomic mass is 16.6. The van der Waals surface area contributed by atoms with Gasteiger partial charge in [0.15, 0.2) is 11.5 Å². The van der Waals surface area contributed by atoms with Crippen molar-refractivity contribution in [1.29, 1.82) is 0 Å². The van der Waals surface area contributed by atoms with Crippen LogP contribution in [0.25, 0.3) is 22.4 Å². The number of urea groups is 1. The minimum absolute atomic E-state index is 0.0931. The van der Waals surface area contributed by atoms with Crippen LogP contribution in [0.5, 0.6) is 0 Å². The molecule has 0 saturated carbocycles. The molecule has 0 bridgehead atoms. The van der Waals surface area contributed by atoms with E-state index < -0.39 is 0 Å². The number of benzene rings is 2. The Morgan fingerprint density at radius 3 is 2.26 bits per heavy atom. The van der Waals surface area contributed by atoms with Crippen LogP contribution in [0, 0.1) is 0 Å². The summed E-state index contributed by atoms with van der Waals surface area (Å²) >= 11 is 0. The smallest absolute Gasteiger partial charge is 0.410 e. The monoisotopic (exact) mass is 584 g/mol. The average molecular weight is 585 g/mol. The van der Waals surface area contributed by atoms with Crippen LogP contribution in [0.15, 0.2) is 60.8 Å². The number of rotatable bonds is 6. The summed E-state index contributed by atoms with van der Waals surface area (Å²) in [5.74, 6) is 1.41. The molecule has 0 atom stereocenters. The van der Waals surface area contributed by atoms with Crippen LogP contribution in [0.2, 0.25) is 0 Å². The minimum atomic E-state index is -0.321. The van der Waals surface area contributed by atoms with Crippen LogP contribution in [-0.4, -0.2) is 82.3 Å². The third kappa shape index (κ3) is 6.54. The highest BCUT2D eigenvalue weighted by molar-refractivity contribution is 5.99. The number of para-hydroxylation sites is 1. The molecular weight excluding hydrogens is 548 g/mol. The molecule has 12 heteroatoms. The third-order valence-electron chi connectivity index (χ3n) is 7.58. The van der Waals surface area contributed by atoms with Crippen LogP contribution in [-0.2, 0) is 9.47 Å². The lowest BCUT2D eigenvalue weighted by atomic mass is 10.1. The van der Waals surface area contributed by atoms with E-state index in [1.165, 1.54) is 0 Å². The number of hydrogen-bond acceptors (Lipinski definition) is 8. The molecule has 2 fully saturated rings. The molecule has 6 rings (SSSR count). The van der Waals surface area contributed by atoms with E-state index in [0.717, 1.165) is 48.3 Å². The van der Waals surface area contributed by atoms with Crippen molar-refractivity contribution in [2.45, 2.75) is 38.8 Å². The SMILES string of the molecule is CC(C)OC(=O)N1CCC(n2ncc3c(N4CCOCC4)nc(-c4ccc(NC(=O)Nc5ccccc5)cc4)nc32)CC1. The Kier molecular flexibility index (Phi) is 8.36. The Labute approximate surface area is 250 Å². The standard InChI is InChI=1S/C31H36N8O4/c1-21(2)43-31(41)38-14-12-25(13-15-38)39-29-26(20-32-39)28(37-16-18-42-19-17-37)35-27(36-29)22-8-10-24(11-9-22)34-30(40)33-23-6-4-3-5-7-23/h3-11,20-21,25H,12-19H2,1-2H3,(H2,33,34,40). The van der Waals surface area contributed by atoms with E-state index in [1.54, 1.807) is 4.90 Å². The zero-order valence-corrected chi connectivity index (χ0v) is 24.4. The molecule has 2 aromatic carbocycles. The fourth-order valence-electron chi connectivity index (χ4n) is 5.41. The lowest BCUT2D eigenvalue weighted by Crippen LogP contribution is -2.40. The van der Waals surface area contributed by atoms with Gasteiger partial charge in [-0.1, -0.05) is 18.2 Å². The van der Waals surface area contributed by atoms with E-state index in [1.807, 2.05) is 79.3 Å². The summed E-state index contributed by atoms with van der Waals surface area (Å²) in [6, 6.07) is 16.5. The fraction of sp³-hybridized carbons (Fsp3) is 0.387. The van der Waals surface area contributed by atoms with Crippen LogP contribution in [0.1, 0.15) is 32.7 Å². The van der Waals surface area contributed by atoms with Gasteiger partial charge < -0.3 is 29.9 Å². The highest BCUT2D eigenvalue weighted by Gasteiger charge is 2.28. The molecular formula is C31H36N8O4. The first-order valence-electron chi connectivity index (χ1n) is 14.7. The fourth-order valence-corrected chi connectivity index (χ4v) is 5.41. The van der Waals surface area contributed by atoms with Gasteiger partial charge in [0.25, 0.3) is 0 Å². The molecule has 0 radical (unpaired) electrons. The molecule has 43 heavy (non-hydrogen) atoms. The Bertz CT molecular complexity index is 1560. The Morgan fingerprint density at radius 2 is 1.58 bits per heavy atom. The minimum Gasteiger partial charge on any atom is -0.447 e. The van der Waals surface area contributed by atoms with Crippen LogP contribution in [0.3, 0.4) is 0 Å². The maximum absolute atomic E-state index is 12.5. The van der Waals surface area contributed by atoms with Gasteiger partial charge in [-0.3, -0.25) is 0 Å². The van der Waals surface area contributed by atoms with Gasteiger partial charge in [0.1, 0.15) is 5.82 Å². The molecule has 12 nitrogen and oxygen atoms in total. The molecule has 2 saturated heterocycles. The molecule has 2 aromatic heterocycles. The number of morpholine rings is 1. The molecule has 4 heterocycles.